The van der Waals surface area contributed by atoms with Crippen molar-refractivity contribution in [3.63, 3.8) is 0 Å². The molecule has 2 rings (SSSR count). The number of nitrogens with one attached hydrogen (secondary N) is 2. The van der Waals surface area contributed by atoms with Gasteiger partial charge in [0.25, 0.3) is 5.56 Å². The second-order valence-corrected chi connectivity index (χ2v) is 7.02. The van der Waals surface area contributed by atoms with Crippen LogP contribution in [0.4, 0.5) is 5.69 Å². The third kappa shape index (κ3) is 6.36. The monoisotopic (exact) mass is 361 g/mol. The number of aromatic amines is 1. The summed E-state index contributed by atoms with van der Waals surface area (Å²) >= 11 is 1.19. The molecule has 0 spiro atoms. The summed E-state index contributed by atoms with van der Waals surface area (Å²) in [6, 6.07) is 7.26. The molecule has 1 aromatic carbocycles. The standard InChI is InChI=1S/C18H23N3O3S/c1-11(2)24-9-14-8-16(22)21-18(19-14)25-10-17(23)20-15-6-5-12(3)7-13(15)4/h5-8,11H,9-10H2,1-4H3,(H,20,23)(H,19,21,22). The van der Waals surface area contributed by atoms with Crippen molar-refractivity contribution in [2.75, 3.05) is 11.1 Å². The number of benzene rings is 1. The van der Waals surface area contributed by atoms with Crippen LogP contribution < -0.4 is 10.9 Å². The number of carbonyl (C=O) groups excluding carboxylic acids is 1. The van der Waals surface area contributed by atoms with E-state index in [1.807, 2.05) is 45.9 Å². The van der Waals surface area contributed by atoms with Gasteiger partial charge in [-0.15, -0.1) is 0 Å². The van der Waals surface area contributed by atoms with E-state index in [-0.39, 0.29) is 29.9 Å². The van der Waals surface area contributed by atoms with Gasteiger partial charge >= 0.3 is 0 Å². The van der Waals surface area contributed by atoms with Crippen molar-refractivity contribution in [1.29, 1.82) is 0 Å². The maximum absolute atomic E-state index is 12.1. The molecule has 0 aliphatic carbocycles. The van der Waals surface area contributed by atoms with Gasteiger partial charge < -0.3 is 15.0 Å². The minimum absolute atomic E-state index is 0.0562. The molecule has 1 heterocycles. The average molecular weight is 361 g/mol. The number of amides is 1. The Bertz CT molecular complexity index is 802. The van der Waals surface area contributed by atoms with Crippen LogP contribution in [-0.4, -0.2) is 27.7 Å². The molecular weight excluding hydrogens is 338 g/mol. The van der Waals surface area contributed by atoms with Crippen LogP contribution in [0.25, 0.3) is 0 Å². The molecule has 0 atom stereocenters. The number of hydrogen-bond donors (Lipinski definition) is 2. The summed E-state index contributed by atoms with van der Waals surface area (Å²) in [4.78, 5) is 30.8. The summed E-state index contributed by atoms with van der Waals surface area (Å²) < 4.78 is 5.46. The van der Waals surface area contributed by atoms with E-state index in [4.69, 9.17) is 4.74 Å². The first kappa shape index (κ1) is 19.2. The molecule has 0 aliphatic heterocycles. The van der Waals surface area contributed by atoms with Crippen LogP contribution in [0, 0.1) is 13.8 Å². The Balaban J connectivity index is 1.95. The third-order valence-electron chi connectivity index (χ3n) is 3.33. The number of ether oxygens (including phenoxy) is 1. The first-order chi connectivity index (χ1) is 11.8. The molecule has 25 heavy (non-hydrogen) atoms. The highest BCUT2D eigenvalue weighted by molar-refractivity contribution is 7.99. The van der Waals surface area contributed by atoms with E-state index < -0.39 is 0 Å². The molecule has 0 bridgehead atoms. The predicted octanol–water partition coefficient (Wildman–Crippen LogP) is 3.04. The van der Waals surface area contributed by atoms with E-state index in [0.717, 1.165) is 16.8 Å². The van der Waals surface area contributed by atoms with Gasteiger partial charge in [0.1, 0.15) is 0 Å². The van der Waals surface area contributed by atoms with Crippen LogP contribution >= 0.6 is 11.8 Å². The van der Waals surface area contributed by atoms with E-state index >= 15 is 0 Å². The minimum atomic E-state index is -0.255. The summed E-state index contributed by atoms with van der Waals surface area (Å²) in [5, 5.41) is 3.28. The fourth-order valence-electron chi connectivity index (χ4n) is 2.15. The number of rotatable bonds is 7. The normalized spacial score (nSPS) is 10.9. The lowest BCUT2D eigenvalue weighted by Gasteiger charge is -2.09. The Morgan fingerprint density at radius 1 is 1.32 bits per heavy atom. The van der Waals surface area contributed by atoms with Crippen LogP contribution in [-0.2, 0) is 16.1 Å². The molecule has 1 amide bonds. The molecule has 1 aromatic heterocycles. The number of thioether (sulfide) groups is 1. The fourth-order valence-corrected chi connectivity index (χ4v) is 2.85. The van der Waals surface area contributed by atoms with Crippen molar-refractivity contribution >= 4 is 23.4 Å². The average Bonchev–Trinajstić information content (AvgIpc) is 2.53. The Morgan fingerprint density at radius 2 is 2.08 bits per heavy atom. The van der Waals surface area contributed by atoms with Crippen molar-refractivity contribution in [3.05, 3.63) is 51.4 Å². The molecule has 2 N–H and O–H groups in total. The van der Waals surface area contributed by atoms with Gasteiger partial charge in [-0.3, -0.25) is 9.59 Å². The molecule has 7 heteroatoms. The van der Waals surface area contributed by atoms with Crippen LogP contribution in [0.5, 0.6) is 0 Å². The molecule has 0 radical (unpaired) electrons. The molecule has 0 aliphatic rings. The molecule has 0 saturated carbocycles. The van der Waals surface area contributed by atoms with Crippen LogP contribution in [0.3, 0.4) is 0 Å². The predicted molar refractivity (Wildman–Crippen MR) is 100 cm³/mol. The molecule has 6 nitrogen and oxygen atoms in total. The van der Waals surface area contributed by atoms with Gasteiger partial charge in [0.15, 0.2) is 5.16 Å². The zero-order valence-electron chi connectivity index (χ0n) is 14.9. The van der Waals surface area contributed by atoms with E-state index in [9.17, 15) is 9.59 Å². The van der Waals surface area contributed by atoms with Gasteiger partial charge in [-0.2, -0.15) is 0 Å². The summed E-state index contributed by atoms with van der Waals surface area (Å²) in [6.07, 6.45) is 0.0562. The van der Waals surface area contributed by atoms with E-state index in [2.05, 4.69) is 15.3 Å². The first-order valence-corrected chi connectivity index (χ1v) is 9.04. The van der Waals surface area contributed by atoms with Crippen molar-refractivity contribution in [2.24, 2.45) is 0 Å². The third-order valence-corrected chi connectivity index (χ3v) is 4.21. The second-order valence-electron chi connectivity index (χ2n) is 6.06. The maximum Gasteiger partial charge on any atom is 0.251 e. The molecule has 0 saturated heterocycles. The van der Waals surface area contributed by atoms with Crippen molar-refractivity contribution in [2.45, 2.75) is 45.6 Å². The number of aryl methyl sites for hydroxylation is 2. The first-order valence-electron chi connectivity index (χ1n) is 8.05. The highest BCUT2D eigenvalue weighted by Crippen LogP contribution is 2.17. The lowest BCUT2D eigenvalue weighted by atomic mass is 10.1. The quantitative estimate of drug-likeness (QED) is 0.585. The van der Waals surface area contributed by atoms with Gasteiger partial charge in [0, 0.05) is 11.8 Å². The van der Waals surface area contributed by atoms with Crippen LogP contribution in [0.2, 0.25) is 0 Å². The molecular formula is C18H23N3O3S. The Kier molecular flexibility index (Phi) is 6.78. The summed E-state index contributed by atoms with van der Waals surface area (Å²) in [7, 11) is 0. The SMILES string of the molecule is Cc1ccc(NC(=O)CSc2nc(COC(C)C)cc(=O)[nH]2)c(C)c1. The van der Waals surface area contributed by atoms with Gasteiger partial charge in [0.2, 0.25) is 5.91 Å². The van der Waals surface area contributed by atoms with Gasteiger partial charge in [-0.1, -0.05) is 29.5 Å². The number of aromatic nitrogens is 2. The van der Waals surface area contributed by atoms with Gasteiger partial charge in [-0.05, 0) is 39.3 Å². The van der Waals surface area contributed by atoms with Crippen molar-refractivity contribution < 1.29 is 9.53 Å². The number of nitrogens with zero attached hydrogens (tertiary/aromatic N) is 1. The molecule has 134 valence electrons. The van der Waals surface area contributed by atoms with Gasteiger partial charge in [0.05, 0.1) is 24.2 Å². The van der Waals surface area contributed by atoms with Crippen molar-refractivity contribution in [3.8, 4) is 0 Å². The largest absolute Gasteiger partial charge is 0.373 e. The summed E-state index contributed by atoms with van der Waals surface area (Å²) in [5.41, 5.74) is 3.24. The highest BCUT2D eigenvalue weighted by Gasteiger charge is 2.09. The Labute approximate surface area is 151 Å². The molecule has 0 fully saturated rings. The van der Waals surface area contributed by atoms with E-state index in [1.165, 1.54) is 17.8 Å². The number of anilines is 1. The number of hydrogen-bond acceptors (Lipinski definition) is 5. The molecule has 0 unspecified atom stereocenters. The minimum Gasteiger partial charge on any atom is -0.373 e. The zero-order chi connectivity index (χ0) is 18.4. The summed E-state index contributed by atoms with van der Waals surface area (Å²) in [6.45, 7) is 8.06. The van der Waals surface area contributed by atoms with Crippen LogP contribution in [0.15, 0.2) is 34.2 Å². The number of carbonyl (C=O) groups is 1. The summed E-state index contributed by atoms with van der Waals surface area (Å²) in [5.74, 6) is 0.00789. The lowest BCUT2D eigenvalue weighted by molar-refractivity contribution is -0.113. The maximum atomic E-state index is 12.1. The second kappa shape index (κ2) is 8.82. The molecule has 2 aromatic rings. The fraction of sp³-hybridized carbons (Fsp3) is 0.389. The number of H-pyrrole nitrogens is 1. The van der Waals surface area contributed by atoms with E-state index in [0.29, 0.717) is 10.9 Å². The Morgan fingerprint density at radius 3 is 2.76 bits per heavy atom. The van der Waals surface area contributed by atoms with Crippen molar-refractivity contribution in [1.82, 2.24) is 9.97 Å². The van der Waals surface area contributed by atoms with Gasteiger partial charge in [-0.25, -0.2) is 4.98 Å². The topological polar surface area (TPSA) is 84.1 Å². The van der Waals surface area contributed by atoms with Crippen LogP contribution in [0.1, 0.15) is 30.7 Å². The van der Waals surface area contributed by atoms with E-state index in [1.54, 1.807) is 0 Å². The Hall–Kier alpha value is -2.12. The smallest absolute Gasteiger partial charge is 0.251 e. The lowest BCUT2D eigenvalue weighted by Crippen LogP contribution is -2.17. The zero-order valence-corrected chi connectivity index (χ0v) is 15.7. The highest BCUT2D eigenvalue weighted by atomic mass is 32.2.